The maximum absolute atomic E-state index is 11.2. The minimum Gasteiger partial charge on any atom is -1.00 e. The molecule has 0 spiro atoms. The summed E-state index contributed by atoms with van der Waals surface area (Å²) >= 11 is 0. The van der Waals surface area contributed by atoms with Crippen LogP contribution in [-0.4, -0.2) is 17.2 Å². The average Bonchev–Trinajstić information content (AvgIpc) is 2.16. The molecule has 1 unspecified atom stereocenters. The number of carboxylic acids is 1. The van der Waals surface area contributed by atoms with E-state index in [2.05, 4.69) is 0 Å². The van der Waals surface area contributed by atoms with E-state index in [4.69, 9.17) is 9.63 Å². The van der Waals surface area contributed by atoms with Gasteiger partial charge in [0.25, 0.3) is 0 Å². The van der Waals surface area contributed by atoms with Crippen LogP contribution in [0.1, 0.15) is 7.85 Å². The minimum atomic E-state index is -1.92. The first-order valence-electron chi connectivity index (χ1n) is 4.08. The van der Waals surface area contributed by atoms with Crippen LogP contribution in [0.4, 0.5) is 0 Å². The van der Waals surface area contributed by atoms with Crippen molar-refractivity contribution in [1.82, 2.24) is 0 Å². The largest absolute Gasteiger partial charge is 1.00 e. The van der Waals surface area contributed by atoms with Crippen molar-refractivity contribution in [3.8, 4) is 5.75 Å². The normalized spacial score (nSPS) is 10.0. The summed E-state index contributed by atoms with van der Waals surface area (Å²) in [5, 5.41) is 8.34. The molecule has 0 radical (unpaired) electrons. The smallest absolute Gasteiger partial charge is 1.00 e. The van der Waals surface area contributed by atoms with Gasteiger partial charge in [-0.05, 0) is 16.7 Å². The molecule has 1 atom stereocenters. The molecule has 0 fully saturated rings. The van der Waals surface area contributed by atoms with Gasteiger partial charge >= 0.3 is 32.9 Å². The summed E-state index contributed by atoms with van der Waals surface area (Å²) in [6, 6.07) is 8.69. The number of hydrogen-bond donors (Lipinski definition) is 1. The zero-order valence-electron chi connectivity index (χ0n) is 9.42. The number of carboxylic acid groups (broad SMARTS) is 1. The third-order valence-electron chi connectivity index (χ3n) is 1.46. The van der Waals surface area contributed by atoms with Crippen molar-refractivity contribution in [2.24, 2.45) is 0 Å². The van der Waals surface area contributed by atoms with Crippen LogP contribution in [0.15, 0.2) is 30.3 Å². The predicted molar refractivity (Wildman–Crippen MR) is 52.9 cm³/mol. The van der Waals surface area contributed by atoms with Crippen molar-refractivity contribution in [3.63, 3.8) is 0 Å². The van der Waals surface area contributed by atoms with Crippen LogP contribution in [0.3, 0.4) is 0 Å². The van der Waals surface area contributed by atoms with Crippen LogP contribution in [0, 0.1) is 0 Å². The molecular formula is C9H11LiO4P+. The van der Waals surface area contributed by atoms with Gasteiger partial charge in [0.2, 0.25) is 0 Å². The first kappa shape index (κ1) is 14.2. The van der Waals surface area contributed by atoms with E-state index in [1.165, 1.54) is 0 Å². The number of rotatable bonds is 5. The third kappa shape index (κ3) is 6.30. The van der Waals surface area contributed by atoms with E-state index in [1.807, 2.05) is 6.07 Å². The van der Waals surface area contributed by atoms with Gasteiger partial charge < -0.3 is 6.53 Å². The molecular weight excluding hydrogens is 210 g/mol. The number of para-hydroxylation sites is 1. The molecule has 1 rings (SSSR count). The van der Waals surface area contributed by atoms with Crippen molar-refractivity contribution in [1.29, 1.82) is 0 Å². The Hall–Kier alpha value is -0.813. The molecule has 6 heteroatoms. The number of carbonyl (C=O) groups is 1. The second kappa shape index (κ2) is 7.48. The topological polar surface area (TPSA) is 63.6 Å². The number of benzene rings is 1. The van der Waals surface area contributed by atoms with Crippen molar-refractivity contribution >= 4 is 14.0 Å². The van der Waals surface area contributed by atoms with Gasteiger partial charge in [-0.15, -0.1) is 0 Å². The summed E-state index contributed by atoms with van der Waals surface area (Å²) in [6.07, 6.45) is -0.0956. The minimum absolute atomic E-state index is 0. The van der Waals surface area contributed by atoms with Crippen molar-refractivity contribution in [2.45, 2.75) is 6.42 Å². The van der Waals surface area contributed by atoms with Gasteiger partial charge in [-0.2, -0.15) is 0 Å². The Morgan fingerprint density at radius 1 is 1.40 bits per heavy atom. The van der Waals surface area contributed by atoms with Crippen LogP contribution < -0.4 is 23.4 Å². The molecule has 0 heterocycles. The van der Waals surface area contributed by atoms with Crippen LogP contribution in [0.2, 0.25) is 0 Å². The Morgan fingerprint density at radius 2 is 2.00 bits per heavy atom. The summed E-state index contributed by atoms with van der Waals surface area (Å²) in [4.78, 5) is 10.2. The van der Waals surface area contributed by atoms with E-state index in [-0.39, 0.29) is 32.9 Å². The molecule has 1 aromatic rings. The fraction of sp³-hybridized carbons (Fsp3) is 0.222. The molecule has 15 heavy (non-hydrogen) atoms. The SMILES string of the molecule is O=C(O)CC[P+](=O)Oc1ccccc1.[H-].[Li+]. The fourth-order valence-electron chi connectivity index (χ4n) is 0.831. The van der Waals surface area contributed by atoms with Crippen LogP contribution in [0.5, 0.6) is 5.75 Å². The first-order valence-corrected chi connectivity index (χ1v) is 5.44. The van der Waals surface area contributed by atoms with Crippen LogP contribution >= 0.6 is 8.03 Å². The molecule has 1 N–H and O–H groups in total. The van der Waals surface area contributed by atoms with Crippen molar-refractivity contribution in [2.75, 3.05) is 6.16 Å². The maximum Gasteiger partial charge on any atom is 1.00 e. The molecule has 0 bridgehead atoms. The summed E-state index contributed by atoms with van der Waals surface area (Å²) in [7, 11) is -1.92. The Labute approximate surface area is 102 Å². The summed E-state index contributed by atoms with van der Waals surface area (Å²) in [5.41, 5.74) is 0. The van der Waals surface area contributed by atoms with Crippen molar-refractivity contribution in [3.05, 3.63) is 30.3 Å². The van der Waals surface area contributed by atoms with Crippen LogP contribution in [-0.2, 0) is 9.36 Å². The van der Waals surface area contributed by atoms with E-state index in [1.54, 1.807) is 24.3 Å². The monoisotopic (exact) mass is 221 g/mol. The van der Waals surface area contributed by atoms with Gasteiger partial charge in [0.1, 0.15) is 0 Å². The van der Waals surface area contributed by atoms with Crippen molar-refractivity contribution < 1.29 is 39.3 Å². The third-order valence-corrected chi connectivity index (χ3v) is 2.46. The standard InChI is InChI=1S/C9H9O4P.Li.H/c10-9(11)6-7-14(12)13-8-4-2-1-3-5-8;;/h1-5H,6-7H2;;/q;+1;-1/p+1. The quantitative estimate of drug-likeness (QED) is 0.532. The Balaban J connectivity index is 0. The van der Waals surface area contributed by atoms with Gasteiger partial charge in [-0.25, -0.2) is 0 Å². The second-order valence-corrected chi connectivity index (χ2v) is 3.90. The Kier molecular flexibility index (Phi) is 7.07. The van der Waals surface area contributed by atoms with Gasteiger partial charge in [-0.1, -0.05) is 18.2 Å². The fourth-order valence-corrected chi connectivity index (χ4v) is 1.65. The molecule has 0 aliphatic carbocycles. The molecule has 0 aromatic heterocycles. The van der Waals surface area contributed by atoms with E-state index in [0.29, 0.717) is 5.75 Å². The zero-order chi connectivity index (χ0) is 10.4. The van der Waals surface area contributed by atoms with E-state index in [9.17, 15) is 9.36 Å². The molecule has 4 nitrogen and oxygen atoms in total. The van der Waals surface area contributed by atoms with Gasteiger partial charge in [-0.3, -0.25) is 9.32 Å². The van der Waals surface area contributed by atoms with E-state index < -0.39 is 14.0 Å². The first-order chi connectivity index (χ1) is 6.68. The molecule has 76 valence electrons. The molecule has 0 saturated carbocycles. The Bertz CT molecular complexity index is 334. The van der Waals surface area contributed by atoms with E-state index >= 15 is 0 Å². The zero-order valence-corrected chi connectivity index (χ0v) is 9.31. The van der Waals surface area contributed by atoms with Gasteiger partial charge in [0.15, 0.2) is 11.9 Å². The molecule has 0 aliphatic heterocycles. The average molecular weight is 221 g/mol. The molecule has 0 aliphatic rings. The molecule has 1 aromatic carbocycles. The summed E-state index contributed by atoms with van der Waals surface area (Å²) < 4.78 is 16.2. The maximum atomic E-state index is 11.2. The Morgan fingerprint density at radius 3 is 2.53 bits per heavy atom. The van der Waals surface area contributed by atoms with Gasteiger partial charge in [0.05, 0.1) is 6.42 Å². The molecule has 0 saturated heterocycles. The predicted octanol–water partition coefficient (Wildman–Crippen LogP) is -0.601. The van der Waals surface area contributed by atoms with Crippen LogP contribution in [0.25, 0.3) is 0 Å². The second-order valence-electron chi connectivity index (χ2n) is 2.60. The number of aliphatic carboxylic acids is 1. The summed E-state index contributed by atoms with van der Waals surface area (Å²) in [5.74, 6) is -0.469. The number of hydrogen-bond acceptors (Lipinski definition) is 3. The molecule has 0 amide bonds. The summed E-state index contributed by atoms with van der Waals surface area (Å²) in [6.45, 7) is 0. The van der Waals surface area contributed by atoms with Gasteiger partial charge in [0, 0.05) is 0 Å². The van der Waals surface area contributed by atoms with E-state index in [0.717, 1.165) is 0 Å².